The van der Waals surface area contributed by atoms with Crippen LogP contribution in [0.5, 0.6) is 0 Å². The minimum Gasteiger partial charge on any atom is -0.314 e. The lowest BCUT2D eigenvalue weighted by atomic mass is 9.77. The monoisotopic (exact) mass is 266 g/mol. The molecule has 0 aromatic carbocycles. The molecule has 0 aliphatic heterocycles. The second-order valence-corrected chi connectivity index (χ2v) is 6.46. The molecule has 1 atom stereocenters. The predicted molar refractivity (Wildman–Crippen MR) is 79.0 cm³/mol. The van der Waals surface area contributed by atoms with Gasteiger partial charge in [0.2, 0.25) is 0 Å². The third-order valence-corrected chi connectivity index (χ3v) is 5.18. The molecular weight excluding hydrogens is 240 g/mol. The van der Waals surface area contributed by atoms with E-state index in [1.807, 2.05) is 6.20 Å². The van der Waals surface area contributed by atoms with E-state index in [-0.39, 0.29) is 0 Å². The first-order chi connectivity index (χ1) is 8.83. The first-order valence-electron chi connectivity index (χ1n) is 7.45. The van der Waals surface area contributed by atoms with Crippen molar-refractivity contribution in [1.29, 1.82) is 0 Å². The van der Waals surface area contributed by atoms with Crippen LogP contribution in [0.15, 0.2) is 11.6 Å². The molecule has 3 heteroatoms. The molecule has 0 radical (unpaired) electrons. The number of rotatable bonds is 6. The smallest absolute Gasteiger partial charge is 0.0940 e. The van der Waals surface area contributed by atoms with Crippen molar-refractivity contribution in [3.05, 3.63) is 16.6 Å². The summed E-state index contributed by atoms with van der Waals surface area (Å²) in [7, 11) is 0. The molecule has 0 saturated heterocycles. The lowest BCUT2D eigenvalue weighted by Crippen LogP contribution is -2.39. The second-order valence-electron chi connectivity index (χ2n) is 5.48. The molecule has 1 saturated carbocycles. The zero-order chi connectivity index (χ0) is 12.8. The highest BCUT2D eigenvalue weighted by Crippen LogP contribution is 2.33. The van der Waals surface area contributed by atoms with Crippen LogP contribution >= 0.6 is 11.3 Å². The second kappa shape index (κ2) is 7.25. The van der Waals surface area contributed by atoms with Crippen molar-refractivity contribution in [2.45, 2.75) is 58.4 Å². The van der Waals surface area contributed by atoms with Crippen LogP contribution in [0.25, 0.3) is 0 Å². The Morgan fingerprint density at radius 2 is 2.11 bits per heavy atom. The largest absolute Gasteiger partial charge is 0.314 e. The van der Waals surface area contributed by atoms with E-state index >= 15 is 0 Å². The molecule has 2 rings (SSSR count). The minimum atomic E-state index is 0.638. The van der Waals surface area contributed by atoms with E-state index in [1.165, 1.54) is 37.1 Å². The van der Waals surface area contributed by atoms with Crippen molar-refractivity contribution in [1.82, 2.24) is 10.3 Å². The topological polar surface area (TPSA) is 24.9 Å². The van der Waals surface area contributed by atoms with Gasteiger partial charge in [-0.2, -0.15) is 0 Å². The van der Waals surface area contributed by atoms with E-state index in [4.69, 9.17) is 0 Å². The minimum absolute atomic E-state index is 0.638. The van der Waals surface area contributed by atoms with Gasteiger partial charge in [0, 0.05) is 24.0 Å². The summed E-state index contributed by atoms with van der Waals surface area (Å²) in [5, 5.41) is 7.07. The lowest BCUT2D eigenvalue weighted by Gasteiger charge is -2.33. The fourth-order valence-electron chi connectivity index (χ4n) is 3.21. The van der Waals surface area contributed by atoms with Gasteiger partial charge in [0.05, 0.1) is 5.01 Å². The Bertz CT molecular complexity index is 315. The van der Waals surface area contributed by atoms with Crippen LogP contribution in [-0.4, -0.2) is 17.6 Å². The van der Waals surface area contributed by atoms with Gasteiger partial charge < -0.3 is 5.32 Å². The van der Waals surface area contributed by atoms with Gasteiger partial charge in [-0.1, -0.05) is 33.1 Å². The summed E-state index contributed by atoms with van der Waals surface area (Å²) in [6.45, 7) is 5.62. The molecule has 1 aromatic rings. The molecule has 102 valence electrons. The molecule has 1 unspecified atom stereocenters. The zero-order valence-electron chi connectivity index (χ0n) is 11.7. The molecule has 1 aliphatic rings. The van der Waals surface area contributed by atoms with E-state index in [0.717, 1.165) is 24.8 Å². The van der Waals surface area contributed by atoms with Crippen molar-refractivity contribution in [2.24, 2.45) is 11.8 Å². The van der Waals surface area contributed by atoms with E-state index in [1.54, 1.807) is 11.3 Å². The van der Waals surface area contributed by atoms with Gasteiger partial charge in [0.1, 0.15) is 0 Å². The highest BCUT2D eigenvalue weighted by atomic mass is 32.1. The van der Waals surface area contributed by atoms with Crippen LogP contribution in [0.2, 0.25) is 0 Å². The van der Waals surface area contributed by atoms with Crippen LogP contribution in [0.4, 0.5) is 0 Å². The third kappa shape index (κ3) is 3.79. The molecule has 1 aliphatic carbocycles. The summed E-state index contributed by atoms with van der Waals surface area (Å²) in [4.78, 5) is 4.44. The zero-order valence-corrected chi connectivity index (χ0v) is 12.5. The summed E-state index contributed by atoms with van der Waals surface area (Å²) in [5.41, 5.74) is 0. The summed E-state index contributed by atoms with van der Waals surface area (Å²) in [5.74, 6) is 1.85. The summed E-state index contributed by atoms with van der Waals surface area (Å²) >= 11 is 1.80. The van der Waals surface area contributed by atoms with Gasteiger partial charge in [-0.3, -0.25) is 0 Å². The van der Waals surface area contributed by atoms with E-state index in [2.05, 4.69) is 29.5 Å². The Hall–Kier alpha value is -0.410. The fourth-order valence-corrected chi connectivity index (χ4v) is 3.88. The molecular formula is C15H26N2S. The Labute approximate surface area is 115 Å². The third-order valence-electron chi connectivity index (χ3n) is 4.38. The number of nitrogens with one attached hydrogen (secondary N) is 1. The van der Waals surface area contributed by atoms with E-state index < -0.39 is 0 Å². The summed E-state index contributed by atoms with van der Waals surface area (Å²) in [6, 6.07) is 0.638. The van der Waals surface area contributed by atoms with Crippen LogP contribution in [0, 0.1) is 11.8 Å². The quantitative estimate of drug-likeness (QED) is 0.845. The van der Waals surface area contributed by atoms with Crippen molar-refractivity contribution in [2.75, 3.05) is 6.54 Å². The van der Waals surface area contributed by atoms with Crippen molar-refractivity contribution in [3.63, 3.8) is 0 Å². The number of hydrogen-bond acceptors (Lipinski definition) is 3. The van der Waals surface area contributed by atoms with Crippen molar-refractivity contribution < 1.29 is 0 Å². The highest BCUT2D eigenvalue weighted by molar-refractivity contribution is 7.09. The first kappa shape index (κ1) is 14.0. The molecule has 0 bridgehead atoms. The van der Waals surface area contributed by atoms with Crippen LogP contribution < -0.4 is 5.32 Å². The van der Waals surface area contributed by atoms with Crippen molar-refractivity contribution >= 4 is 11.3 Å². The molecule has 1 heterocycles. The van der Waals surface area contributed by atoms with E-state index in [0.29, 0.717) is 6.04 Å². The fraction of sp³-hybridized carbons (Fsp3) is 0.800. The van der Waals surface area contributed by atoms with Gasteiger partial charge in [-0.05, 0) is 31.2 Å². The highest BCUT2D eigenvalue weighted by Gasteiger charge is 2.27. The maximum Gasteiger partial charge on any atom is 0.0940 e. The summed E-state index contributed by atoms with van der Waals surface area (Å²) < 4.78 is 0. The Morgan fingerprint density at radius 3 is 2.67 bits per heavy atom. The van der Waals surface area contributed by atoms with Gasteiger partial charge in [-0.15, -0.1) is 11.3 Å². The maximum absolute atomic E-state index is 4.44. The van der Waals surface area contributed by atoms with Gasteiger partial charge >= 0.3 is 0 Å². The number of likely N-dealkylation sites (N-methyl/N-ethyl adjacent to an activating group) is 1. The average molecular weight is 266 g/mol. The van der Waals surface area contributed by atoms with Crippen LogP contribution in [0.3, 0.4) is 0 Å². The molecule has 2 nitrogen and oxygen atoms in total. The number of aromatic nitrogens is 1. The standard InChI is InChI=1S/C15H26N2S/c1-3-12-5-7-13(8-6-12)14(16-4-2)11-15-17-9-10-18-15/h9-10,12-14,16H,3-8,11H2,1-2H3. The lowest BCUT2D eigenvalue weighted by molar-refractivity contribution is 0.218. The Morgan fingerprint density at radius 1 is 1.33 bits per heavy atom. The normalized spacial score (nSPS) is 26.1. The van der Waals surface area contributed by atoms with Gasteiger partial charge in [0.15, 0.2) is 0 Å². The SMILES string of the molecule is CCNC(Cc1nccs1)C1CCC(CC)CC1. The molecule has 1 fully saturated rings. The molecule has 18 heavy (non-hydrogen) atoms. The van der Waals surface area contributed by atoms with Crippen LogP contribution in [-0.2, 0) is 6.42 Å². The van der Waals surface area contributed by atoms with Crippen LogP contribution in [0.1, 0.15) is 51.0 Å². The summed E-state index contributed by atoms with van der Waals surface area (Å²) in [6.07, 6.45) is 10.1. The maximum atomic E-state index is 4.44. The average Bonchev–Trinajstić information content (AvgIpc) is 2.91. The van der Waals surface area contributed by atoms with Gasteiger partial charge in [0.25, 0.3) is 0 Å². The Balaban J connectivity index is 1.89. The molecule has 0 spiro atoms. The number of nitrogens with zero attached hydrogens (tertiary/aromatic N) is 1. The first-order valence-corrected chi connectivity index (χ1v) is 8.33. The van der Waals surface area contributed by atoms with E-state index in [9.17, 15) is 0 Å². The Kier molecular flexibility index (Phi) is 5.64. The molecule has 1 aromatic heterocycles. The molecule has 1 N–H and O–H groups in total. The number of thiazole rings is 1. The molecule has 0 amide bonds. The number of hydrogen-bond donors (Lipinski definition) is 1. The van der Waals surface area contributed by atoms with Gasteiger partial charge in [-0.25, -0.2) is 4.98 Å². The van der Waals surface area contributed by atoms with Crippen molar-refractivity contribution in [3.8, 4) is 0 Å². The predicted octanol–water partition coefficient (Wildman–Crippen LogP) is 3.88.